The lowest BCUT2D eigenvalue weighted by molar-refractivity contribution is -0.141. The minimum atomic E-state index is -3.64. The first kappa shape index (κ1) is 30.8. The zero-order chi connectivity index (χ0) is 28.6. The van der Waals surface area contributed by atoms with Gasteiger partial charge in [0.25, 0.3) is 0 Å². The Labute approximate surface area is 240 Å². The first-order valence-corrected chi connectivity index (χ1v) is 15.5. The van der Waals surface area contributed by atoms with Crippen molar-refractivity contribution >= 4 is 50.7 Å². The highest BCUT2D eigenvalue weighted by atomic mass is 35.5. The molecule has 1 aliphatic rings. The van der Waals surface area contributed by atoms with Crippen molar-refractivity contribution in [2.24, 2.45) is 0 Å². The van der Waals surface area contributed by atoms with Crippen LogP contribution in [-0.2, 0) is 26.2 Å². The zero-order valence-corrected chi connectivity index (χ0v) is 24.7. The van der Waals surface area contributed by atoms with E-state index in [2.05, 4.69) is 5.32 Å². The molecule has 2 aromatic carbocycles. The Morgan fingerprint density at radius 3 is 2.46 bits per heavy atom. The fourth-order valence-corrected chi connectivity index (χ4v) is 5.73. The van der Waals surface area contributed by atoms with Gasteiger partial charge >= 0.3 is 0 Å². The third-order valence-electron chi connectivity index (χ3n) is 6.37. The van der Waals surface area contributed by atoms with Crippen molar-refractivity contribution in [3.63, 3.8) is 0 Å². The van der Waals surface area contributed by atoms with E-state index in [1.54, 1.807) is 36.4 Å². The Morgan fingerprint density at radius 1 is 1.05 bits per heavy atom. The highest BCUT2D eigenvalue weighted by molar-refractivity contribution is 7.92. The maximum Gasteiger partial charge on any atom is 0.242 e. The van der Waals surface area contributed by atoms with Crippen LogP contribution in [0.25, 0.3) is 0 Å². The predicted octanol–water partition coefficient (Wildman–Crippen LogP) is 4.99. The number of nitrogens with one attached hydrogen (secondary N) is 1. The molecule has 39 heavy (non-hydrogen) atoms. The number of fused-ring (bicyclic) bond motifs is 1. The second-order valence-electron chi connectivity index (χ2n) is 9.30. The average Bonchev–Trinajstić information content (AvgIpc) is 3.35. The van der Waals surface area contributed by atoms with Crippen molar-refractivity contribution < 1.29 is 27.5 Å². The fraction of sp³-hybridized carbons (Fsp3) is 0.481. The molecule has 1 aliphatic heterocycles. The second kappa shape index (κ2) is 14.1. The van der Waals surface area contributed by atoms with Crippen molar-refractivity contribution in [2.75, 3.05) is 30.4 Å². The molecule has 2 amide bonds. The third kappa shape index (κ3) is 8.40. The molecule has 214 valence electrons. The van der Waals surface area contributed by atoms with Crippen LogP contribution in [0.4, 0.5) is 5.69 Å². The minimum absolute atomic E-state index is 0.0283. The Kier molecular flexibility index (Phi) is 11.1. The lowest BCUT2D eigenvalue weighted by Crippen LogP contribution is -2.49. The van der Waals surface area contributed by atoms with E-state index in [4.69, 9.17) is 32.7 Å². The molecular weight excluding hydrogens is 565 g/mol. The summed E-state index contributed by atoms with van der Waals surface area (Å²) in [4.78, 5) is 28.1. The number of amides is 2. The van der Waals surface area contributed by atoms with E-state index >= 15 is 0 Å². The van der Waals surface area contributed by atoms with Gasteiger partial charge < -0.3 is 19.7 Å². The number of sulfonamides is 1. The van der Waals surface area contributed by atoms with E-state index in [0.29, 0.717) is 45.8 Å². The Bertz CT molecular complexity index is 1270. The Balaban J connectivity index is 1.77. The van der Waals surface area contributed by atoms with Crippen LogP contribution >= 0.6 is 23.2 Å². The van der Waals surface area contributed by atoms with Gasteiger partial charge in [-0.1, -0.05) is 49.5 Å². The maximum atomic E-state index is 13.6. The quantitative estimate of drug-likeness (QED) is 0.307. The summed E-state index contributed by atoms with van der Waals surface area (Å²) in [5.41, 5.74) is 1.08. The third-order valence-corrected chi connectivity index (χ3v) is 8.15. The number of halogens is 2. The summed E-state index contributed by atoms with van der Waals surface area (Å²) in [5.74, 6) is 0.491. The van der Waals surface area contributed by atoms with Crippen molar-refractivity contribution in [1.82, 2.24) is 10.2 Å². The van der Waals surface area contributed by atoms with Crippen LogP contribution in [0.3, 0.4) is 0 Å². The van der Waals surface area contributed by atoms with Gasteiger partial charge in [-0.3, -0.25) is 13.9 Å². The van der Waals surface area contributed by atoms with E-state index in [-0.39, 0.29) is 44.5 Å². The molecule has 0 fully saturated rings. The molecule has 0 saturated carbocycles. The first-order chi connectivity index (χ1) is 18.5. The van der Waals surface area contributed by atoms with Gasteiger partial charge in [-0.25, -0.2) is 8.42 Å². The summed E-state index contributed by atoms with van der Waals surface area (Å²) in [6.45, 7) is 4.66. The molecule has 0 spiro atoms. The van der Waals surface area contributed by atoms with Gasteiger partial charge in [-0.2, -0.15) is 0 Å². The van der Waals surface area contributed by atoms with Gasteiger partial charge in [0.2, 0.25) is 28.6 Å². The smallest absolute Gasteiger partial charge is 0.242 e. The van der Waals surface area contributed by atoms with Crippen LogP contribution in [0.15, 0.2) is 36.4 Å². The largest absolute Gasteiger partial charge is 0.454 e. The number of nitrogens with zero attached hydrogens (tertiary/aromatic N) is 2. The number of carbonyl (C=O) groups is 2. The number of benzene rings is 2. The SMILES string of the molecule is CCCCNC(=O)[C@H](CC)N(Cc1ccc(Cl)cc1Cl)C(=O)CCCN(c1ccc2c(c1)OCO2)S(C)(=O)=O. The summed E-state index contributed by atoms with van der Waals surface area (Å²) in [5, 5.41) is 3.78. The van der Waals surface area contributed by atoms with E-state index in [0.717, 1.165) is 19.1 Å². The van der Waals surface area contributed by atoms with Gasteiger partial charge in [-0.05, 0) is 49.1 Å². The summed E-state index contributed by atoms with van der Waals surface area (Å²) in [6, 6.07) is 9.20. The van der Waals surface area contributed by atoms with Crippen molar-refractivity contribution in [1.29, 1.82) is 0 Å². The molecule has 9 nitrogen and oxygen atoms in total. The van der Waals surface area contributed by atoms with Gasteiger partial charge in [-0.15, -0.1) is 0 Å². The van der Waals surface area contributed by atoms with Crippen molar-refractivity contribution in [3.8, 4) is 11.5 Å². The minimum Gasteiger partial charge on any atom is -0.454 e. The highest BCUT2D eigenvalue weighted by Gasteiger charge is 2.29. The predicted molar refractivity (Wildman–Crippen MR) is 153 cm³/mol. The van der Waals surface area contributed by atoms with Crippen molar-refractivity contribution in [2.45, 2.75) is 58.5 Å². The van der Waals surface area contributed by atoms with Crippen LogP contribution in [0.2, 0.25) is 10.0 Å². The van der Waals surface area contributed by atoms with E-state index in [1.807, 2.05) is 13.8 Å². The number of hydrogen-bond donors (Lipinski definition) is 1. The lowest BCUT2D eigenvalue weighted by atomic mass is 10.1. The summed E-state index contributed by atoms with van der Waals surface area (Å²) in [7, 11) is -3.64. The fourth-order valence-electron chi connectivity index (χ4n) is 4.30. The molecule has 0 aliphatic carbocycles. The van der Waals surface area contributed by atoms with Gasteiger partial charge in [0.1, 0.15) is 6.04 Å². The lowest BCUT2D eigenvalue weighted by Gasteiger charge is -2.31. The molecule has 3 rings (SSSR count). The summed E-state index contributed by atoms with van der Waals surface area (Å²) in [6.07, 6.45) is 3.55. The molecule has 0 bridgehead atoms. The molecule has 0 saturated heterocycles. The normalized spacial score (nSPS) is 13.2. The topological polar surface area (TPSA) is 105 Å². The average molecular weight is 601 g/mol. The van der Waals surface area contributed by atoms with Crippen LogP contribution in [0.1, 0.15) is 51.5 Å². The molecule has 0 unspecified atom stereocenters. The molecule has 2 aromatic rings. The van der Waals surface area contributed by atoms with Gasteiger partial charge in [0.15, 0.2) is 11.5 Å². The number of carbonyl (C=O) groups excluding carboxylic acids is 2. The van der Waals surface area contributed by atoms with Gasteiger partial charge in [0, 0.05) is 42.2 Å². The van der Waals surface area contributed by atoms with Gasteiger partial charge in [0.05, 0.1) is 11.9 Å². The Hall–Kier alpha value is -2.69. The van der Waals surface area contributed by atoms with Crippen LogP contribution in [0.5, 0.6) is 11.5 Å². The number of ether oxygens (including phenoxy) is 2. The number of rotatable bonds is 14. The number of anilines is 1. The molecule has 1 N–H and O–H groups in total. The highest BCUT2D eigenvalue weighted by Crippen LogP contribution is 2.36. The summed E-state index contributed by atoms with van der Waals surface area (Å²) < 4.78 is 37.1. The number of hydrogen-bond acceptors (Lipinski definition) is 6. The molecule has 1 atom stereocenters. The molecule has 0 aromatic heterocycles. The molecule has 0 radical (unpaired) electrons. The van der Waals surface area contributed by atoms with E-state index in [1.165, 1.54) is 9.21 Å². The van der Waals surface area contributed by atoms with E-state index in [9.17, 15) is 18.0 Å². The molecule has 12 heteroatoms. The van der Waals surface area contributed by atoms with Crippen molar-refractivity contribution in [3.05, 3.63) is 52.0 Å². The standard InChI is InChI=1S/C27H35Cl2N3O6S/c1-4-6-13-30-27(34)23(5-2)31(17-19-9-10-20(28)15-22(19)29)26(33)8-7-14-32(39(3,35)36)21-11-12-24-25(16-21)38-18-37-24/h9-12,15-16,23H,4-8,13-14,17-18H2,1-3H3,(H,30,34)/t23-/m0/s1. The van der Waals surface area contributed by atoms with Crippen LogP contribution < -0.4 is 19.1 Å². The zero-order valence-electron chi connectivity index (χ0n) is 22.4. The molecular formula is C27H35Cl2N3O6S. The Morgan fingerprint density at radius 2 is 1.79 bits per heavy atom. The first-order valence-electron chi connectivity index (χ1n) is 12.9. The summed E-state index contributed by atoms with van der Waals surface area (Å²) >= 11 is 12.4. The van der Waals surface area contributed by atoms with E-state index < -0.39 is 16.1 Å². The second-order valence-corrected chi connectivity index (χ2v) is 12.1. The monoisotopic (exact) mass is 599 g/mol. The number of unbranched alkanes of at least 4 members (excludes halogenated alkanes) is 1. The molecule has 1 heterocycles. The van der Waals surface area contributed by atoms with Crippen LogP contribution in [0, 0.1) is 0 Å². The maximum absolute atomic E-state index is 13.6. The van der Waals surface area contributed by atoms with Crippen LogP contribution in [-0.4, -0.2) is 57.3 Å².